The SMILES string of the molecule is Cc1cccc(NC(=O)c2c(C)cc(C)nc2N2CCCC(F)(F)CC2)c1. The van der Waals surface area contributed by atoms with Gasteiger partial charge in [-0.05, 0) is 56.5 Å². The topological polar surface area (TPSA) is 45.2 Å². The van der Waals surface area contributed by atoms with Gasteiger partial charge >= 0.3 is 0 Å². The minimum absolute atomic E-state index is 0.126. The van der Waals surface area contributed by atoms with Crippen LogP contribution in [0, 0.1) is 20.8 Å². The van der Waals surface area contributed by atoms with Crippen LogP contribution in [0.25, 0.3) is 0 Å². The molecule has 1 aromatic carbocycles. The predicted molar refractivity (Wildman–Crippen MR) is 104 cm³/mol. The molecule has 0 unspecified atom stereocenters. The van der Waals surface area contributed by atoms with Gasteiger partial charge in [-0.1, -0.05) is 12.1 Å². The lowest BCUT2D eigenvalue weighted by atomic mass is 10.1. The number of hydrogen-bond donors (Lipinski definition) is 1. The molecule has 1 aliphatic rings. The average Bonchev–Trinajstić information content (AvgIpc) is 2.74. The number of anilines is 2. The first-order valence-corrected chi connectivity index (χ1v) is 9.24. The van der Waals surface area contributed by atoms with Crippen LogP contribution in [0.2, 0.25) is 0 Å². The number of carbonyl (C=O) groups excluding carboxylic acids is 1. The van der Waals surface area contributed by atoms with Crippen molar-refractivity contribution in [3.05, 3.63) is 52.7 Å². The number of pyridine rings is 1. The lowest BCUT2D eigenvalue weighted by molar-refractivity contribution is -0.0102. The normalized spacial score (nSPS) is 16.7. The van der Waals surface area contributed by atoms with Crippen LogP contribution < -0.4 is 10.2 Å². The lowest BCUT2D eigenvalue weighted by Gasteiger charge is -2.25. The van der Waals surface area contributed by atoms with Crippen molar-refractivity contribution in [3.63, 3.8) is 0 Å². The van der Waals surface area contributed by atoms with E-state index in [0.29, 0.717) is 30.0 Å². The van der Waals surface area contributed by atoms with Crippen LogP contribution in [-0.4, -0.2) is 29.9 Å². The van der Waals surface area contributed by atoms with Crippen LogP contribution in [0.15, 0.2) is 30.3 Å². The Morgan fingerprint density at radius 3 is 2.67 bits per heavy atom. The number of nitrogens with zero attached hydrogens (tertiary/aromatic N) is 2. The Bertz CT molecular complexity index is 851. The summed E-state index contributed by atoms with van der Waals surface area (Å²) in [7, 11) is 0. The highest BCUT2D eigenvalue weighted by Crippen LogP contribution is 2.32. The second-order valence-corrected chi connectivity index (χ2v) is 7.30. The summed E-state index contributed by atoms with van der Waals surface area (Å²) in [6.07, 6.45) is 0.0281. The van der Waals surface area contributed by atoms with Crippen molar-refractivity contribution in [2.24, 2.45) is 0 Å². The molecule has 27 heavy (non-hydrogen) atoms. The van der Waals surface area contributed by atoms with Crippen molar-refractivity contribution in [1.29, 1.82) is 0 Å². The third-order valence-corrected chi connectivity index (χ3v) is 4.85. The largest absolute Gasteiger partial charge is 0.356 e. The Hall–Kier alpha value is -2.50. The monoisotopic (exact) mass is 373 g/mol. The van der Waals surface area contributed by atoms with E-state index in [-0.39, 0.29) is 25.3 Å². The molecular formula is C21H25F2N3O. The molecule has 1 fully saturated rings. The summed E-state index contributed by atoms with van der Waals surface area (Å²) in [4.78, 5) is 19.4. The fraction of sp³-hybridized carbons (Fsp3) is 0.429. The van der Waals surface area contributed by atoms with Crippen LogP contribution >= 0.6 is 0 Å². The molecular weight excluding hydrogens is 348 g/mol. The van der Waals surface area contributed by atoms with Crippen LogP contribution in [-0.2, 0) is 0 Å². The van der Waals surface area contributed by atoms with Crippen molar-refractivity contribution in [3.8, 4) is 0 Å². The summed E-state index contributed by atoms with van der Waals surface area (Å²) < 4.78 is 27.5. The Morgan fingerprint density at radius 1 is 1.15 bits per heavy atom. The summed E-state index contributed by atoms with van der Waals surface area (Å²) >= 11 is 0. The molecule has 2 heterocycles. The highest BCUT2D eigenvalue weighted by molar-refractivity contribution is 6.08. The van der Waals surface area contributed by atoms with E-state index in [4.69, 9.17) is 0 Å². The van der Waals surface area contributed by atoms with Gasteiger partial charge in [-0.15, -0.1) is 0 Å². The number of amides is 1. The molecule has 0 spiro atoms. The summed E-state index contributed by atoms with van der Waals surface area (Å²) in [5.41, 5.74) is 3.76. The Balaban J connectivity index is 1.94. The highest BCUT2D eigenvalue weighted by atomic mass is 19.3. The van der Waals surface area contributed by atoms with Crippen LogP contribution in [0.3, 0.4) is 0 Å². The molecule has 0 aliphatic carbocycles. The van der Waals surface area contributed by atoms with Crippen LogP contribution in [0.4, 0.5) is 20.3 Å². The van der Waals surface area contributed by atoms with E-state index in [1.165, 1.54) is 0 Å². The van der Waals surface area contributed by atoms with Gasteiger partial charge in [-0.2, -0.15) is 0 Å². The molecule has 1 saturated heterocycles. The zero-order valence-corrected chi connectivity index (χ0v) is 16.0. The minimum Gasteiger partial charge on any atom is -0.356 e. The van der Waals surface area contributed by atoms with E-state index >= 15 is 0 Å². The van der Waals surface area contributed by atoms with E-state index in [1.807, 2.05) is 56.0 Å². The Morgan fingerprint density at radius 2 is 1.93 bits per heavy atom. The summed E-state index contributed by atoms with van der Waals surface area (Å²) in [6, 6.07) is 9.40. The van der Waals surface area contributed by atoms with Crippen molar-refractivity contribution in [2.45, 2.75) is 46.0 Å². The lowest BCUT2D eigenvalue weighted by Crippen LogP contribution is -2.30. The molecule has 6 heteroatoms. The van der Waals surface area contributed by atoms with Crippen molar-refractivity contribution >= 4 is 17.4 Å². The van der Waals surface area contributed by atoms with Crippen molar-refractivity contribution in [2.75, 3.05) is 23.3 Å². The first-order valence-electron chi connectivity index (χ1n) is 9.24. The number of aromatic nitrogens is 1. The first kappa shape index (κ1) is 19.3. The number of rotatable bonds is 3. The number of nitrogens with one attached hydrogen (secondary N) is 1. The molecule has 0 radical (unpaired) electrons. The zero-order valence-electron chi connectivity index (χ0n) is 16.0. The van der Waals surface area contributed by atoms with Gasteiger partial charge in [0.25, 0.3) is 5.91 Å². The summed E-state index contributed by atoms with van der Waals surface area (Å²) in [5.74, 6) is -2.43. The summed E-state index contributed by atoms with van der Waals surface area (Å²) in [5, 5.41) is 2.92. The highest BCUT2D eigenvalue weighted by Gasteiger charge is 2.33. The number of hydrogen-bond acceptors (Lipinski definition) is 3. The van der Waals surface area contributed by atoms with Gasteiger partial charge < -0.3 is 10.2 Å². The molecule has 1 N–H and O–H groups in total. The van der Waals surface area contributed by atoms with E-state index in [1.54, 1.807) is 0 Å². The fourth-order valence-electron chi connectivity index (χ4n) is 3.52. The van der Waals surface area contributed by atoms with Gasteiger partial charge in [0.15, 0.2) is 0 Å². The predicted octanol–water partition coefficient (Wildman–Crippen LogP) is 4.88. The maximum Gasteiger partial charge on any atom is 0.259 e. The third kappa shape index (κ3) is 4.62. The van der Waals surface area contributed by atoms with Gasteiger partial charge in [0.05, 0.1) is 5.56 Å². The second-order valence-electron chi connectivity index (χ2n) is 7.30. The van der Waals surface area contributed by atoms with E-state index < -0.39 is 5.92 Å². The molecule has 0 atom stereocenters. The van der Waals surface area contributed by atoms with Gasteiger partial charge in [0, 0.05) is 37.3 Å². The minimum atomic E-state index is -2.66. The van der Waals surface area contributed by atoms with Crippen LogP contribution in [0.5, 0.6) is 0 Å². The van der Waals surface area contributed by atoms with Gasteiger partial charge in [-0.25, -0.2) is 13.8 Å². The number of benzene rings is 1. The maximum atomic E-state index is 13.8. The van der Waals surface area contributed by atoms with E-state index in [2.05, 4.69) is 10.3 Å². The molecule has 0 saturated carbocycles. The first-order chi connectivity index (χ1) is 12.7. The zero-order chi connectivity index (χ0) is 19.6. The summed E-state index contributed by atoms with van der Waals surface area (Å²) in [6.45, 7) is 6.32. The molecule has 1 amide bonds. The van der Waals surface area contributed by atoms with E-state index in [0.717, 1.165) is 16.8 Å². The molecule has 1 aromatic heterocycles. The molecule has 3 rings (SSSR count). The standard InChI is InChI=1S/C21H25F2N3O/c1-14-6-4-7-17(12-14)25-20(27)18-15(2)13-16(3)24-19(18)26-10-5-8-21(22,23)9-11-26/h4,6-7,12-13H,5,8-11H2,1-3H3,(H,25,27). The Labute approximate surface area is 158 Å². The molecule has 4 nitrogen and oxygen atoms in total. The van der Waals surface area contributed by atoms with E-state index in [9.17, 15) is 13.6 Å². The van der Waals surface area contributed by atoms with Gasteiger partial charge in [0.1, 0.15) is 5.82 Å². The molecule has 144 valence electrons. The molecule has 2 aromatic rings. The molecule has 0 bridgehead atoms. The quantitative estimate of drug-likeness (QED) is 0.834. The number of carbonyl (C=O) groups is 1. The second kappa shape index (κ2) is 7.62. The fourth-order valence-corrected chi connectivity index (χ4v) is 3.52. The number of alkyl halides is 2. The third-order valence-electron chi connectivity index (χ3n) is 4.85. The number of halogens is 2. The number of aryl methyl sites for hydroxylation is 3. The van der Waals surface area contributed by atoms with Crippen molar-refractivity contribution in [1.82, 2.24) is 4.98 Å². The van der Waals surface area contributed by atoms with Gasteiger partial charge in [0.2, 0.25) is 5.92 Å². The maximum absolute atomic E-state index is 13.8. The molecule has 1 aliphatic heterocycles. The smallest absolute Gasteiger partial charge is 0.259 e. The average molecular weight is 373 g/mol. The van der Waals surface area contributed by atoms with Crippen LogP contribution in [0.1, 0.15) is 46.4 Å². The van der Waals surface area contributed by atoms with Crippen molar-refractivity contribution < 1.29 is 13.6 Å². The van der Waals surface area contributed by atoms with Gasteiger partial charge in [-0.3, -0.25) is 4.79 Å². The Kier molecular flexibility index (Phi) is 5.44.